The molecule has 0 aliphatic rings. The Kier molecular flexibility index (Phi) is 4.58. The van der Waals surface area contributed by atoms with Crippen LogP contribution in [0.3, 0.4) is 0 Å². The lowest BCUT2D eigenvalue weighted by molar-refractivity contribution is -0.137. The summed E-state index contributed by atoms with van der Waals surface area (Å²) >= 11 is 6.09. The van der Waals surface area contributed by atoms with Crippen molar-refractivity contribution in [2.75, 3.05) is 13.7 Å². The summed E-state index contributed by atoms with van der Waals surface area (Å²) in [5.74, 6) is 0.317. The van der Waals surface area contributed by atoms with Gasteiger partial charge in [-0.15, -0.1) is 0 Å². The summed E-state index contributed by atoms with van der Waals surface area (Å²) in [7, 11) is 1.59. The van der Waals surface area contributed by atoms with Crippen LogP contribution in [-0.4, -0.2) is 24.7 Å². The third kappa shape index (κ3) is 3.08. The molecule has 0 saturated heterocycles. The number of rotatable bonds is 4. The van der Waals surface area contributed by atoms with Gasteiger partial charge in [0.05, 0.1) is 13.7 Å². The van der Waals surface area contributed by atoms with E-state index in [9.17, 15) is 4.79 Å². The highest BCUT2D eigenvalue weighted by atomic mass is 35.5. The first-order valence-corrected chi connectivity index (χ1v) is 6.50. The Morgan fingerprint density at radius 3 is 2.90 bits per heavy atom. The third-order valence-corrected chi connectivity index (χ3v) is 3.06. The van der Waals surface area contributed by atoms with E-state index >= 15 is 0 Å². The number of esters is 1. The van der Waals surface area contributed by atoms with Crippen LogP contribution in [0.25, 0.3) is 16.8 Å². The number of aromatic nitrogens is 1. The largest absolute Gasteiger partial charge is 0.497 e. The van der Waals surface area contributed by atoms with Crippen molar-refractivity contribution in [3.63, 3.8) is 0 Å². The second-order valence-electron chi connectivity index (χ2n) is 4.00. The van der Waals surface area contributed by atoms with Crippen molar-refractivity contribution in [1.82, 2.24) is 4.98 Å². The third-order valence-electron chi connectivity index (χ3n) is 2.76. The van der Waals surface area contributed by atoms with Gasteiger partial charge in [-0.25, -0.2) is 9.78 Å². The molecule has 0 radical (unpaired) electrons. The molecular formula is C15H14ClNO3. The Balaban J connectivity index is 2.45. The second kappa shape index (κ2) is 6.39. The minimum atomic E-state index is -0.385. The molecule has 1 heterocycles. The van der Waals surface area contributed by atoms with Crippen LogP contribution in [0.15, 0.2) is 30.5 Å². The summed E-state index contributed by atoms with van der Waals surface area (Å²) in [4.78, 5) is 15.5. The number of fused-ring (bicyclic) bond motifs is 1. The molecule has 20 heavy (non-hydrogen) atoms. The highest BCUT2D eigenvalue weighted by Crippen LogP contribution is 2.28. The van der Waals surface area contributed by atoms with Gasteiger partial charge in [0, 0.05) is 23.2 Å². The molecule has 0 atom stereocenters. The number of pyridine rings is 1. The lowest BCUT2D eigenvalue weighted by Gasteiger charge is -2.06. The highest BCUT2D eigenvalue weighted by molar-refractivity contribution is 6.34. The summed E-state index contributed by atoms with van der Waals surface area (Å²) in [6, 6.07) is 5.53. The van der Waals surface area contributed by atoms with Gasteiger partial charge in [-0.1, -0.05) is 11.6 Å². The number of carbonyl (C=O) groups excluding carboxylic acids is 1. The number of ether oxygens (including phenoxy) is 2. The van der Waals surface area contributed by atoms with Gasteiger partial charge in [0.15, 0.2) is 0 Å². The van der Waals surface area contributed by atoms with Gasteiger partial charge in [0.25, 0.3) is 0 Å². The first kappa shape index (κ1) is 14.3. The van der Waals surface area contributed by atoms with Crippen LogP contribution in [0.4, 0.5) is 0 Å². The van der Waals surface area contributed by atoms with E-state index in [-0.39, 0.29) is 5.97 Å². The van der Waals surface area contributed by atoms with Gasteiger partial charge in [-0.2, -0.15) is 0 Å². The number of hydrogen-bond acceptors (Lipinski definition) is 4. The van der Waals surface area contributed by atoms with E-state index in [2.05, 4.69) is 4.98 Å². The zero-order valence-corrected chi connectivity index (χ0v) is 12.0. The van der Waals surface area contributed by atoms with E-state index in [0.717, 1.165) is 16.3 Å². The number of hydrogen-bond donors (Lipinski definition) is 0. The molecular weight excluding hydrogens is 278 g/mol. The van der Waals surface area contributed by atoms with E-state index in [1.807, 2.05) is 18.2 Å². The zero-order valence-electron chi connectivity index (χ0n) is 11.2. The maximum Gasteiger partial charge on any atom is 0.330 e. The highest BCUT2D eigenvalue weighted by Gasteiger charge is 2.06. The molecule has 1 aromatic carbocycles. The van der Waals surface area contributed by atoms with Crippen molar-refractivity contribution in [3.05, 3.63) is 41.2 Å². The summed E-state index contributed by atoms with van der Waals surface area (Å²) in [5.41, 5.74) is 0.792. The van der Waals surface area contributed by atoms with E-state index < -0.39 is 0 Å². The smallest absolute Gasteiger partial charge is 0.330 e. The zero-order chi connectivity index (χ0) is 14.5. The molecule has 0 bridgehead atoms. The fourth-order valence-corrected chi connectivity index (χ4v) is 2.02. The molecule has 0 aliphatic carbocycles. The van der Waals surface area contributed by atoms with Crippen molar-refractivity contribution in [2.45, 2.75) is 6.92 Å². The Morgan fingerprint density at radius 2 is 2.20 bits per heavy atom. The summed E-state index contributed by atoms with van der Waals surface area (Å²) in [6.07, 6.45) is 4.65. The average Bonchev–Trinajstić information content (AvgIpc) is 2.46. The Labute approximate surface area is 122 Å². The first-order valence-electron chi connectivity index (χ1n) is 6.12. The Morgan fingerprint density at radius 1 is 1.40 bits per heavy atom. The molecule has 1 aromatic heterocycles. The molecule has 0 fully saturated rings. The van der Waals surface area contributed by atoms with Crippen molar-refractivity contribution in [1.29, 1.82) is 0 Å². The molecule has 0 spiro atoms. The van der Waals surface area contributed by atoms with Crippen LogP contribution in [0, 0.1) is 0 Å². The summed E-state index contributed by atoms with van der Waals surface area (Å²) < 4.78 is 10.0. The molecule has 5 heteroatoms. The normalized spacial score (nSPS) is 10.9. The molecule has 4 nitrogen and oxygen atoms in total. The summed E-state index contributed by atoms with van der Waals surface area (Å²) in [6.45, 7) is 2.11. The van der Waals surface area contributed by atoms with Gasteiger partial charge in [0.1, 0.15) is 10.9 Å². The van der Waals surface area contributed by atoms with Gasteiger partial charge in [0.2, 0.25) is 0 Å². The fourth-order valence-electron chi connectivity index (χ4n) is 1.82. The number of halogens is 1. The maximum atomic E-state index is 11.3. The van der Waals surface area contributed by atoms with Crippen molar-refractivity contribution < 1.29 is 14.3 Å². The molecule has 104 valence electrons. The predicted octanol–water partition coefficient (Wildman–Crippen LogP) is 3.47. The molecule has 2 aromatic rings. The van der Waals surface area contributed by atoms with Gasteiger partial charge >= 0.3 is 5.97 Å². The average molecular weight is 292 g/mol. The quantitative estimate of drug-likeness (QED) is 0.492. The van der Waals surface area contributed by atoms with Crippen LogP contribution in [0.2, 0.25) is 5.15 Å². The Hall–Kier alpha value is -2.07. The number of carbonyl (C=O) groups is 1. The molecule has 0 unspecified atom stereocenters. The van der Waals surface area contributed by atoms with Crippen molar-refractivity contribution in [3.8, 4) is 5.75 Å². The van der Waals surface area contributed by atoms with Crippen LogP contribution >= 0.6 is 11.6 Å². The van der Waals surface area contributed by atoms with E-state index in [1.54, 1.807) is 26.3 Å². The number of benzene rings is 1. The summed E-state index contributed by atoms with van der Waals surface area (Å²) in [5, 5.41) is 2.07. The molecule has 0 N–H and O–H groups in total. The van der Waals surface area contributed by atoms with Gasteiger partial charge in [-0.05, 0) is 36.6 Å². The molecule has 0 amide bonds. The van der Waals surface area contributed by atoms with Gasteiger partial charge in [-0.3, -0.25) is 0 Å². The van der Waals surface area contributed by atoms with E-state index in [4.69, 9.17) is 21.1 Å². The second-order valence-corrected chi connectivity index (χ2v) is 4.36. The van der Waals surface area contributed by atoms with Crippen LogP contribution in [-0.2, 0) is 9.53 Å². The topological polar surface area (TPSA) is 48.4 Å². The first-order chi connectivity index (χ1) is 9.65. The van der Waals surface area contributed by atoms with Crippen LogP contribution in [0.5, 0.6) is 5.75 Å². The van der Waals surface area contributed by atoms with Crippen LogP contribution in [0.1, 0.15) is 12.5 Å². The van der Waals surface area contributed by atoms with E-state index in [1.165, 1.54) is 6.08 Å². The van der Waals surface area contributed by atoms with Crippen LogP contribution < -0.4 is 4.74 Å². The predicted molar refractivity (Wildman–Crippen MR) is 79.0 cm³/mol. The fraction of sp³-hybridized carbons (Fsp3) is 0.200. The minimum absolute atomic E-state index is 0.347. The van der Waals surface area contributed by atoms with Crippen molar-refractivity contribution in [2.24, 2.45) is 0 Å². The van der Waals surface area contributed by atoms with Crippen molar-refractivity contribution >= 4 is 34.4 Å². The minimum Gasteiger partial charge on any atom is -0.497 e. The standard InChI is InChI=1S/C15H14ClNO3/c1-3-20-14(18)7-4-10-9-17-15(16)13-8-11(19-2)5-6-12(10)13/h4-9H,3H2,1-2H3/b7-4+. The maximum absolute atomic E-state index is 11.3. The molecule has 2 rings (SSSR count). The number of methoxy groups -OCH3 is 1. The van der Waals surface area contributed by atoms with E-state index in [0.29, 0.717) is 17.5 Å². The Bertz CT molecular complexity index is 667. The monoisotopic (exact) mass is 291 g/mol. The lowest BCUT2D eigenvalue weighted by atomic mass is 10.1. The lowest BCUT2D eigenvalue weighted by Crippen LogP contribution is -1.98. The molecule has 0 aliphatic heterocycles. The van der Waals surface area contributed by atoms with Gasteiger partial charge < -0.3 is 9.47 Å². The number of nitrogens with zero attached hydrogens (tertiary/aromatic N) is 1. The molecule has 0 saturated carbocycles. The SMILES string of the molecule is CCOC(=O)/C=C/c1cnc(Cl)c2cc(OC)ccc12.